The maximum Gasteiger partial charge on any atom is 0.119 e. The van der Waals surface area contributed by atoms with Crippen LogP contribution in [0.2, 0.25) is 0 Å². The van der Waals surface area contributed by atoms with E-state index in [0.29, 0.717) is 0 Å². The average Bonchev–Trinajstić information content (AvgIpc) is 2.03. The van der Waals surface area contributed by atoms with E-state index in [2.05, 4.69) is 13.0 Å². The lowest BCUT2D eigenvalue weighted by Gasteiger charge is -2.01. The van der Waals surface area contributed by atoms with E-state index in [-0.39, 0.29) is 0 Å². The molecule has 1 radical (unpaired) electrons. The summed E-state index contributed by atoms with van der Waals surface area (Å²) in [6, 6.07) is 10.5. The lowest BCUT2D eigenvalue weighted by atomic mass is 10.3. The molecule has 0 bridgehead atoms. The number of hydrogen-bond acceptors (Lipinski definition) is 1. The fourth-order valence-corrected chi connectivity index (χ4v) is 0.688. The van der Waals surface area contributed by atoms with Crippen LogP contribution in [0.5, 0.6) is 5.75 Å². The molecule has 1 nitrogen and oxygen atoms in total. The third kappa shape index (κ3) is 2.09. The fraction of sp³-hybridized carbons (Fsp3) is 0.333. The standard InChI is InChI=1S/C9H11O/c1-2-8-10-9-6-4-3-5-7-9/h4-7H,2,8H2,1H3. The third-order valence-corrected chi connectivity index (χ3v) is 1.16. The lowest BCUT2D eigenvalue weighted by Crippen LogP contribution is -1.93. The number of hydrogen-bond donors (Lipinski definition) is 0. The molecule has 0 aliphatic heterocycles. The first-order valence-electron chi connectivity index (χ1n) is 3.52. The normalized spacial score (nSPS) is 9.30. The van der Waals surface area contributed by atoms with Crippen molar-refractivity contribution >= 4 is 0 Å². The molecule has 0 saturated carbocycles. The van der Waals surface area contributed by atoms with Gasteiger partial charge < -0.3 is 4.74 Å². The Morgan fingerprint density at radius 2 is 2.10 bits per heavy atom. The first-order chi connectivity index (χ1) is 4.93. The van der Waals surface area contributed by atoms with Crippen molar-refractivity contribution in [2.45, 2.75) is 13.3 Å². The van der Waals surface area contributed by atoms with Gasteiger partial charge in [0.15, 0.2) is 0 Å². The van der Waals surface area contributed by atoms with Crippen molar-refractivity contribution in [3.63, 3.8) is 0 Å². The van der Waals surface area contributed by atoms with Gasteiger partial charge in [-0.15, -0.1) is 0 Å². The molecule has 0 unspecified atom stereocenters. The van der Waals surface area contributed by atoms with Crippen LogP contribution in [-0.2, 0) is 0 Å². The van der Waals surface area contributed by atoms with Gasteiger partial charge in [0.1, 0.15) is 5.75 Å². The molecule has 0 aromatic heterocycles. The van der Waals surface area contributed by atoms with Gasteiger partial charge in [-0.3, -0.25) is 0 Å². The van der Waals surface area contributed by atoms with E-state index in [0.717, 1.165) is 18.8 Å². The molecular formula is C9H11O. The SMILES string of the molecule is CCCOc1cc[c]cc1. The van der Waals surface area contributed by atoms with E-state index in [1.807, 2.05) is 24.3 Å². The molecular weight excluding hydrogens is 124 g/mol. The van der Waals surface area contributed by atoms with E-state index in [1.165, 1.54) is 0 Å². The average molecular weight is 135 g/mol. The Morgan fingerprint density at radius 3 is 2.70 bits per heavy atom. The molecule has 0 saturated heterocycles. The Kier molecular flexibility index (Phi) is 2.81. The molecule has 0 spiro atoms. The van der Waals surface area contributed by atoms with Crippen molar-refractivity contribution in [1.82, 2.24) is 0 Å². The van der Waals surface area contributed by atoms with Crippen LogP contribution >= 0.6 is 0 Å². The Labute approximate surface area is 61.6 Å². The van der Waals surface area contributed by atoms with E-state index in [4.69, 9.17) is 4.74 Å². The first kappa shape index (κ1) is 7.13. The molecule has 0 amide bonds. The molecule has 0 N–H and O–H groups in total. The lowest BCUT2D eigenvalue weighted by molar-refractivity contribution is 0.317. The molecule has 1 rings (SSSR count). The van der Waals surface area contributed by atoms with E-state index < -0.39 is 0 Å². The predicted octanol–water partition coefficient (Wildman–Crippen LogP) is 2.28. The number of ether oxygens (including phenoxy) is 1. The minimum absolute atomic E-state index is 0.796. The summed E-state index contributed by atoms with van der Waals surface area (Å²) in [5.41, 5.74) is 0. The Morgan fingerprint density at radius 1 is 1.40 bits per heavy atom. The quantitative estimate of drug-likeness (QED) is 0.617. The minimum Gasteiger partial charge on any atom is -0.494 e. The van der Waals surface area contributed by atoms with Crippen molar-refractivity contribution in [2.24, 2.45) is 0 Å². The van der Waals surface area contributed by atoms with Crippen molar-refractivity contribution in [3.05, 3.63) is 30.3 Å². The summed E-state index contributed by atoms with van der Waals surface area (Å²) < 4.78 is 5.34. The van der Waals surface area contributed by atoms with Gasteiger partial charge >= 0.3 is 0 Å². The summed E-state index contributed by atoms with van der Waals surface area (Å²) in [6.45, 7) is 2.89. The van der Waals surface area contributed by atoms with Gasteiger partial charge in [-0.25, -0.2) is 0 Å². The van der Waals surface area contributed by atoms with Gasteiger partial charge in [-0.1, -0.05) is 19.1 Å². The molecule has 0 heterocycles. The van der Waals surface area contributed by atoms with Crippen LogP contribution in [0.3, 0.4) is 0 Å². The second-order valence-electron chi connectivity index (χ2n) is 2.08. The van der Waals surface area contributed by atoms with Crippen LogP contribution in [0, 0.1) is 6.07 Å². The van der Waals surface area contributed by atoms with Crippen LogP contribution in [0.25, 0.3) is 0 Å². The molecule has 0 fully saturated rings. The van der Waals surface area contributed by atoms with Crippen molar-refractivity contribution in [3.8, 4) is 5.75 Å². The summed E-state index contributed by atoms with van der Waals surface area (Å²) >= 11 is 0. The van der Waals surface area contributed by atoms with E-state index >= 15 is 0 Å². The maximum atomic E-state index is 5.34. The highest BCUT2D eigenvalue weighted by Gasteiger charge is 1.86. The molecule has 10 heavy (non-hydrogen) atoms. The van der Waals surface area contributed by atoms with Gasteiger partial charge in [0.05, 0.1) is 6.61 Å². The van der Waals surface area contributed by atoms with Crippen LogP contribution < -0.4 is 4.74 Å². The van der Waals surface area contributed by atoms with Crippen molar-refractivity contribution in [2.75, 3.05) is 6.61 Å². The Hall–Kier alpha value is -0.980. The molecule has 1 aromatic rings. The van der Waals surface area contributed by atoms with Crippen LogP contribution in [-0.4, -0.2) is 6.61 Å². The Bertz CT molecular complexity index is 169. The van der Waals surface area contributed by atoms with Gasteiger partial charge in [0, 0.05) is 0 Å². The van der Waals surface area contributed by atoms with Crippen LogP contribution in [0.1, 0.15) is 13.3 Å². The summed E-state index contributed by atoms with van der Waals surface area (Å²) in [5, 5.41) is 0. The number of rotatable bonds is 3. The third-order valence-electron chi connectivity index (χ3n) is 1.16. The number of benzene rings is 1. The van der Waals surface area contributed by atoms with Gasteiger partial charge in [-0.05, 0) is 24.6 Å². The zero-order valence-electron chi connectivity index (χ0n) is 6.13. The zero-order chi connectivity index (χ0) is 7.23. The molecule has 53 valence electrons. The molecule has 0 aliphatic rings. The molecule has 1 heteroatoms. The summed E-state index contributed by atoms with van der Waals surface area (Å²) in [6.07, 6.45) is 1.05. The summed E-state index contributed by atoms with van der Waals surface area (Å²) in [4.78, 5) is 0. The summed E-state index contributed by atoms with van der Waals surface area (Å²) in [5.74, 6) is 0.931. The monoisotopic (exact) mass is 135 g/mol. The highest BCUT2D eigenvalue weighted by atomic mass is 16.5. The highest BCUT2D eigenvalue weighted by molar-refractivity contribution is 5.20. The Balaban J connectivity index is 2.43. The topological polar surface area (TPSA) is 9.23 Å². The zero-order valence-corrected chi connectivity index (χ0v) is 6.13. The maximum absolute atomic E-state index is 5.34. The smallest absolute Gasteiger partial charge is 0.119 e. The van der Waals surface area contributed by atoms with Gasteiger partial charge in [0.25, 0.3) is 0 Å². The van der Waals surface area contributed by atoms with Crippen LogP contribution in [0.4, 0.5) is 0 Å². The van der Waals surface area contributed by atoms with Gasteiger partial charge in [-0.2, -0.15) is 0 Å². The molecule has 0 aliphatic carbocycles. The molecule has 0 atom stereocenters. The van der Waals surface area contributed by atoms with E-state index in [9.17, 15) is 0 Å². The molecule has 1 aromatic carbocycles. The van der Waals surface area contributed by atoms with Gasteiger partial charge in [0.2, 0.25) is 0 Å². The second-order valence-corrected chi connectivity index (χ2v) is 2.08. The summed E-state index contributed by atoms with van der Waals surface area (Å²) in [7, 11) is 0. The fourth-order valence-electron chi connectivity index (χ4n) is 0.688. The first-order valence-corrected chi connectivity index (χ1v) is 3.52. The minimum atomic E-state index is 0.796. The predicted molar refractivity (Wildman–Crippen MR) is 41.1 cm³/mol. The van der Waals surface area contributed by atoms with Crippen LogP contribution in [0.15, 0.2) is 24.3 Å². The van der Waals surface area contributed by atoms with Crippen molar-refractivity contribution < 1.29 is 4.74 Å². The van der Waals surface area contributed by atoms with Crippen molar-refractivity contribution in [1.29, 1.82) is 0 Å². The largest absolute Gasteiger partial charge is 0.494 e. The van der Waals surface area contributed by atoms with E-state index in [1.54, 1.807) is 0 Å². The highest BCUT2D eigenvalue weighted by Crippen LogP contribution is 2.07. The second kappa shape index (κ2) is 3.94.